The van der Waals surface area contributed by atoms with Crippen LogP contribution in [-0.2, 0) is 0 Å². The van der Waals surface area contributed by atoms with E-state index in [1.165, 1.54) is 4.57 Å². The normalized spacial score (nSPS) is 11.1. The van der Waals surface area contributed by atoms with E-state index in [2.05, 4.69) is 15.5 Å². The third-order valence-electron chi connectivity index (χ3n) is 4.35. The van der Waals surface area contributed by atoms with Crippen LogP contribution in [0.5, 0.6) is 0 Å². The molecule has 0 fully saturated rings. The van der Waals surface area contributed by atoms with Crippen molar-refractivity contribution in [2.24, 2.45) is 5.10 Å². The molecule has 0 amide bonds. The monoisotopic (exact) mass is 354 g/mol. The first-order valence-electron chi connectivity index (χ1n) is 8.66. The molecule has 0 radical (unpaired) electrons. The molecule has 0 aliphatic rings. The molecule has 0 spiro atoms. The van der Waals surface area contributed by atoms with Gasteiger partial charge in [0.25, 0.3) is 5.56 Å². The van der Waals surface area contributed by atoms with Gasteiger partial charge in [0.15, 0.2) is 0 Å². The summed E-state index contributed by atoms with van der Waals surface area (Å²) in [6.45, 7) is 2.02. The average molecular weight is 354 g/mol. The van der Waals surface area contributed by atoms with Crippen molar-refractivity contribution in [1.29, 1.82) is 0 Å². The maximum atomic E-state index is 13.1. The SMILES string of the molecule is Cc1ccccc1/C=N\Nc1nc2ccccc2c(=O)n1-c1ccccc1. The van der Waals surface area contributed by atoms with Crippen molar-refractivity contribution in [3.05, 3.63) is 100 Å². The van der Waals surface area contributed by atoms with Crippen LogP contribution in [0.15, 0.2) is 88.8 Å². The van der Waals surface area contributed by atoms with Crippen LogP contribution < -0.4 is 11.0 Å². The number of anilines is 1. The van der Waals surface area contributed by atoms with Crippen molar-refractivity contribution in [3.8, 4) is 5.69 Å². The molecule has 0 saturated carbocycles. The Hall–Kier alpha value is -3.73. The van der Waals surface area contributed by atoms with E-state index in [4.69, 9.17) is 0 Å². The summed E-state index contributed by atoms with van der Waals surface area (Å²) in [5.74, 6) is 0.370. The summed E-state index contributed by atoms with van der Waals surface area (Å²) in [5.41, 5.74) is 6.28. The minimum Gasteiger partial charge on any atom is -0.268 e. The van der Waals surface area contributed by atoms with Gasteiger partial charge in [0.2, 0.25) is 5.95 Å². The fourth-order valence-corrected chi connectivity index (χ4v) is 2.92. The van der Waals surface area contributed by atoms with Gasteiger partial charge in [-0.3, -0.25) is 4.79 Å². The highest BCUT2D eigenvalue weighted by atomic mass is 16.1. The first kappa shape index (κ1) is 16.7. The molecule has 1 heterocycles. The van der Waals surface area contributed by atoms with E-state index in [1.807, 2.05) is 79.7 Å². The van der Waals surface area contributed by atoms with Crippen molar-refractivity contribution in [3.63, 3.8) is 0 Å². The summed E-state index contributed by atoms with van der Waals surface area (Å²) in [4.78, 5) is 17.7. The Morgan fingerprint density at radius 2 is 1.63 bits per heavy atom. The van der Waals surface area contributed by atoms with Crippen LogP contribution >= 0.6 is 0 Å². The number of hydrazone groups is 1. The summed E-state index contributed by atoms with van der Waals surface area (Å²) >= 11 is 0. The van der Waals surface area contributed by atoms with Crippen molar-refractivity contribution in [2.45, 2.75) is 6.92 Å². The predicted molar refractivity (Wildman–Crippen MR) is 110 cm³/mol. The summed E-state index contributed by atoms with van der Waals surface area (Å²) < 4.78 is 1.54. The summed E-state index contributed by atoms with van der Waals surface area (Å²) in [6, 6.07) is 24.7. The number of nitrogens with one attached hydrogen (secondary N) is 1. The number of para-hydroxylation sites is 2. The highest BCUT2D eigenvalue weighted by Crippen LogP contribution is 2.16. The van der Waals surface area contributed by atoms with Gasteiger partial charge < -0.3 is 0 Å². The third kappa shape index (κ3) is 3.35. The molecule has 5 nitrogen and oxygen atoms in total. The van der Waals surface area contributed by atoms with Gasteiger partial charge in [-0.1, -0.05) is 54.6 Å². The van der Waals surface area contributed by atoms with Gasteiger partial charge >= 0.3 is 0 Å². The van der Waals surface area contributed by atoms with Crippen LogP contribution in [0.4, 0.5) is 5.95 Å². The molecule has 3 aromatic carbocycles. The van der Waals surface area contributed by atoms with Gasteiger partial charge in [0.1, 0.15) is 0 Å². The number of rotatable bonds is 4. The summed E-state index contributed by atoms with van der Waals surface area (Å²) in [5, 5.41) is 4.87. The molecule has 0 saturated heterocycles. The standard InChI is InChI=1S/C22H18N4O/c1-16-9-5-6-10-17(16)15-23-25-22-24-20-14-8-7-13-19(20)21(27)26(22)18-11-3-2-4-12-18/h2-15H,1H3,(H,24,25)/b23-15-. The Kier molecular flexibility index (Phi) is 4.49. The third-order valence-corrected chi connectivity index (χ3v) is 4.35. The molecule has 4 aromatic rings. The number of aryl methyl sites for hydroxylation is 1. The van der Waals surface area contributed by atoms with Crippen LogP contribution in [0.2, 0.25) is 0 Å². The van der Waals surface area contributed by atoms with Crippen LogP contribution in [0.3, 0.4) is 0 Å². The zero-order valence-electron chi connectivity index (χ0n) is 14.8. The molecule has 1 aromatic heterocycles. The first-order valence-corrected chi connectivity index (χ1v) is 8.66. The average Bonchev–Trinajstić information content (AvgIpc) is 2.70. The second-order valence-corrected chi connectivity index (χ2v) is 6.16. The van der Waals surface area contributed by atoms with E-state index in [1.54, 1.807) is 12.3 Å². The highest BCUT2D eigenvalue weighted by Gasteiger charge is 2.11. The lowest BCUT2D eigenvalue weighted by atomic mass is 10.1. The summed E-state index contributed by atoms with van der Waals surface area (Å²) in [6.07, 6.45) is 1.73. The number of nitrogens with zero attached hydrogens (tertiary/aromatic N) is 3. The maximum absolute atomic E-state index is 13.1. The Bertz CT molecular complexity index is 1180. The lowest BCUT2D eigenvalue weighted by Crippen LogP contribution is -2.22. The van der Waals surface area contributed by atoms with E-state index in [0.29, 0.717) is 16.9 Å². The quantitative estimate of drug-likeness (QED) is 0.443. The smallest absolute Gasteiger partial charge is 0.267 e. The number of hydrogen-bond acceptors (Lipinski definition) is 4. The highest BCUT2D eigenvalue weighted by molar-refractivity contribution is 5.82. The van der Waals surface area contributed by atoms with Crippen molar-refractivity contribution in [1.82, 2.24) is 9.55 Å². The van der Waals surface area contributed by atoms with Gasteiger partial charge in [-0.25, -0.2) is 15.0 Å². The zero-order valence-corrected chi connectivity index (χ0v) is 14.8. The van der Waals surface area contributed by atoms with Gasteiger partial charge in [-0.15, -0.1) is 0 Å². The minimum absolute atomic E-state index is 0.139. The molecular formula is C22H18N4O. The largest absolute Gasteiger partial charge is 0.268 e. The lowest BCUT2D eigenvalue weighted by molar-refractivity contribution is 0.956. The second kappa shape index (κ2) is 7.25. The number of hydrogen-bond donors (Lipinski definition) is 1. The molecule has 132 valence electrons. The Morgan fingerprint density at radius 3 is 2.44 bits per heavy atom. The molecule has 4 rings (SSSR count). The molecular weight excluding hydrogens is 336 g/mol. The Balaban J connectivity index is 1.81. The predicted octanol–water partition coefficient (Wildman–Crippen LogP) is 4.14. The molecule has 5 heteroatoms. The number of fused-ring (bicyclic) bond motifs is 1. The van der Waals surface area contributed by atoms with Crippen molar-refractivity contribution >= 4 is 23.1 Å². The molecule has 0 bridgehead atoms. The van der Waals surface area contributed by atoms with Gasteiger partial charge in [0, 0.05) is 0 Å². The fraction of sp³-hybridized carbons (Fsp3) is 0.0455. The second-order valence-electron chi connectivity index (χ2n) is 6.16. The molecule has 0 aliphatic heterocycles. The summed E-state index contributed by atoms with van der Waals surface area (Å²) in [7, 11) is 0. The molecule has 0 aliphatic carbocycles. The zero-order chi connectivity index (χ0) is 18.6. The van der Waals surface area contributed by atoms with E-state index in [0.717, 1.165) is 16.8 Å². The Labute approximate surface area is 156 Å². The van der Waals surface area contributed by atoms with Crippen molar-refractivity contribution < 1.29 is 0 Å². The van der Waals surface area contributed by atoms with Gasteiger partial charge in [-0.2, -0.15) is 5.10 Å². The van der Waals surface area contributed by atoms with E-state index in [-0.39, 0.29) is 5.56 Å². The van der Waals surface area contributed by atoms with E-state index >= 15 is 0 Å². The van der Waals surface area contributed by atoms with Crippen LogP contribution in [0.25, 0.3) is 16.6 Å². The molecule has 0 unspecified atom stereocenters. The van der Waals surface area contributed by atoms with Gasteiger partial charge in [-0.05, 0) is 42.3 Å². The van der Waals surface area contributed by atoms with E-state index in [9.17, 15) is 4.79 Å². The van der Waals surface area contributed by atoms with Crippen LogP contribution in [0, 0.1) is 6.92 Å². The fourth-order valence-electron chi connectivity index (χ4n) is 2.92. The topological polar surface area (TPSA) is 59.3 Å². The number of aromatic nitrogens is 2. The molecule has 1 N–H and O–H groups in total. The molecule has 27 heavy (non-hydrogen) atoms. The first-order chi connectivity index (χ1) is 13.2. The lowest BCUT2D eigenvalue weighted by Gasteiger charge is -2.12. The molecule has 0 atom stereocenters. The number of benzene rings is 3. The maximum Gasteiger partial charge on any atom is 0.267 e. The van der Waals surface area contributed by atoms with Crippen LogP contribution in [0.1, 0.15) is 11.1 Å². The minimum atomic E-state index is -0.139. The van der Waals surface area contributed by atoms with Gasteiger partial charge in [0.05, 0.1) is 22.8 Å². The van der Waals surface area contributed by atoms with Crippen LogP contribution in [-0.4, -0.2) is 15.8 Å². The van der Waals surface area contributed by atoms with E-state index < -0.39 is 0 Å². The van der Waals surface area contributed by atoms with Crippen molar-refractivity contribution in [2.75, 3.05) is 5.43 Å². The Morgan fingerprint density at radius 1 is 0.926 bits per heavy atom.